The van der Waals surface area contributed by atoms with Crippen LogP contribution in [0, 0.1) is 11.6 Å². The Morgan fingerprint density at radius 1 is 1.31 bits per heavy atom. The molecule has 0 heterocycles. The minimum atomic E-state index is -0.762. The van der Waals surface area contributed by atoms with Crippen molar-refractivity contribution >= 4 is 5.91 Å². The quantitative estimate of drug-likeness (QED) is 0.781. The molecule has 0 atom stereocenters. The lowest BCUT2D eigenvalue weighted by atomic mass is 10.2. The van der Waals surface area contributed by atoms with E-state index in [1.165, 1.54) is 0 Å². The highest BCUT2D eigenvalue weighted by Crippen LogP contribution is 2.07. The predicted octanol–water partition coefficient (Wildman–Crippen LogP) is 1.73. The molecule has 0 saturated carbocycles. The van der Waals surface area contributed by atoms with Crippen molar-refractivity contribution < 1.29 is 18.3 Å². The number of rotatable bonds is 5. The van der Waals surface area contributed by atoms with Gasteiger partial charge in [0, 0.05) is 31.9 Å². The van der Waals surface area contributed by atoms with Crippen molar-refractivity contribution in [3.63, 3.8) is 0 Å². The second-order valence-corrected chi connectivity index (χ2v) is 3.26. The highest BCUT2D eigenvalue weighted by Gasteiger charge is 2.08. The summed E-state index contributed by atoms with van der Waals surface area (Å²) >= 11 is 0. The van der Waals surface area contributed by atoms with Crippen molar-refractivity contribution in [3.8, 4) is 0 Å². The lowest BCUT2D eigenvalue weighted by Gasteiger charge is -2.05. The molecule has 0 radical (unpaired) electrons. The average Bonchev–Trinajstić information content (AvgIpc) is 2.22. The number of carbonyl (C=O) groups is 1. The topological polar surface area (TPSA) is 38.3 Å². The molecule has 0 fully saturated rings. The number of halogens is 2. The van der Waals surface area contributed by atoms with Gasteiger partial charge in [-0.1, -0.05) is 0 Å². The van der Waals surface area contributed by atoms with E-state index in [2.05, 4.69) is 5.32 Å². The Balaban J connectivity index is 2.52. The molecule has 0 spiro atoms. The number of benzene rings is 1. The zero-order chi connectivity index (χ0) is 12.0. The molecule has 1 aromatic carbocycles. The van der Waals surface area contributed by atoms with Crippen LogP contribution in [0.5, 0.6) is 0 Å². The summed E-state index contributed by atoms with van der Waals surface area (Å²) in [5.41, 5.74) is -0.0186. The van der Waals surface area contributed by atoms with Gasteiger partial charge in [0.15, 0.2) is 0 Å². The molecular formula is C11H13F2NO2. The second-order valence-electron chi connectivity index (χ2n) is 3.26. The Bertz CT molecular complexity index is 349. The molecule has 3 nitrogen and oxygen atoms in total. The van der Waals surface area contributed by atoms with Gasteiger partial charge in [0.1, 0.15) is 11.6 Å². The van der Waals surface area contributed by atoms with Gasteiger partial charge >= 0.3 is 0 Å². The lowest BCUT2D eigenvalue weighted by Crippen LogP contribution is -2.25. The van der Waals surface area contributed by atoms with E-state index < -0.39 is 17.5 Å². The number of methoxy groups -OCH3 is 1. The fourth-order valence-corrected chi connectivity index (χ4v) is 1.21. The van der Waals surface area contributed by atoms with Crippen LogP contribution in [0.3, 0.4) is 0 Å². The van der Waals surface area contributed by atoms with Gasteiger partial charge in [0.05, 0.1) is 0 Å². The summed E-state index contributed by atoms with van der Waals surface area (Å²) in [6, 6.07) is 2.71. The minimum absolute atomic E-state index is 0.0186. The van der Waals surface area contributed by atoms with Crippen LogP contribution in [0.1, 0.15) is 16.8 Å². The summed E-state index contributed by atoms with van der Waals surface area (Å²) in [5.74, 6) is -2.02. The average molecular weight is 229 g/mol. The first-order valence-electron chi connectivity index (χ1n) is 4.86. The molecule has 88 valence electrons. The zero-order valence-electron chi connectivity index (χ0n) is 8.93. The van der Waals surface area contributed by atoms with Crippen LogP contribution in [0.15, 0.2) is 18.2 Å². The molecule has 1 amide bonds. The molecule has 0 unspecified atom stereocenters. The van der Waals surface area contributed by atoms with E-state index in [1.807, 2.05) is 0 Å². The molecular weight excluding hydrogens is 216 g/mol. The second kappa shape index (κ2) is 6.17. The highest BCUT2D eigenvalue weighted by molar-refractivity contribution is 5.94. The van der Waals surface area contributed by atoms with E-state index in [0.717, 1.165) is 18.2 Å². The van der Waals surface area contributed by atoms with Gasteiger partial charge in [-0.25, -0.2) is 8.78 Å². The Kier molecular flexibility index (Phi) is 4.85. The van der Waals surface area contributed by atoms with E-state index in [0.29, 0.717) is 19.6 Å². The SMILES string of the molecule is COCCCNC(=O)c1cc(F)cc(F)c1. The smallest absolute Gasteiger partial charge is 0.251 e. The largest absolute Gasteiger partial charge is 0.385 e. The molecule has 0 aliphatic heterocycles. The number of hydrogen-bond donors (Lipinski definition) is 1. The van der Waals surface area contributed by atoms with Crippen molar-refractivity contribution in [1.82, 2.24) is 5.32 Å². The van der Waals surface area contributed by atoms with Crippen molar-refractivity contribution in [3.05, 3.63) is 35.4 Å². The van der Waals surface area contributed by atoms with E-state index >= 15 is 0 Å². The first kappa shape index (κ1) is 12.6. The third-order valence-electron chi connectivity index (χ3n) is 1.94. The van der Waals surface area contributed by atoms with Crippen LogP contribution in [0.25, 0.3) is 0 Å². The Hall–Kier alpha value is -1.49. The van der Waals surface area contributed by atoms with Gasteiger partial charge in [-0.3, -0.25) is 4.79 Å². The Labute approximate surface area is 92.4 Å². The van der Waals surface area contributed by atoms with E-state index in [9.17, 15) is 13.6 Å². The van der Waals surface area contributed by atoms with Crippen LogP contribution >= 0.6 is 0 Å². The van der Waals surface area contributed by atoms with E-state index in [1.54, 1.807) is 7.11 Å². The monoisotopic (exact) mass is 229 g/mol. The number of hydrogen-bond acceptors (Lipinski definition) is 2. The van der Waals surface area contributed by atoms with Crippen LogP contribution in [0.2, 0.25) is 0 Å². The minimum Gasteiger partial charge on any atom is -0.385 e. The summed E-state index contributed by atoms with van der Waals surface area (Å²) in [6.07, 6.45) is 0.653. The Morgan fingerprint density at radius 2 is 1.94 bits per heavy atom. The summed E-state index contributed by atoms with van der Waals surface area (Å²) in [6.45, 7) is 0.933. The summed E-state index contributed by atoms with van der Waals surface area (Å²) in [7, 11) is 1.56. The molecule has 0 bridgehead atoms. The molecule has 0 saturated heterocycles. The van der Waals surface area contributed by atoms with Crippen molar-refractivity contribution in [2.75, 3.05) is 20.3 Å². The van der Waals surface area contributed by atoms with Crippen molar-refractivity contribution in [2.24, 2.45) is 0 Å². The molecule has 16 heavy (non-hydrogen) atoms. The maximum absolute atomic E-state index is 12.8. The third kappa shape index (κ3) is 3.94. The van der Waals surface area contributed by atoms with Gasteiger partial charge in [-0.2, -0.15) is 0 Å². The highest BCUT2D eigenvalue weighted by atomic mass is 19.1. The molecule has 0 aliphatic carbocycles. The zero-order valence-corrected chi connectivity index (χ0v) is 8.93. The first-order valence-corrected chi connectivity index (χ1v) is 4.86. The lowest BCUT2D eigenvalue weighted by molar-refractivity contribution is 0.0947. The molecule has 1 rings (SSSR count). The number of ether oxygens (including phenoxy) is 1. The molecule has 5 heteroatoms. The van der Waals surface area contributed by atoms with Gasteiger partial charge in [-0.05, 0) is 18.6 Å². The third-order valence-corrected chi connectivity index (χ3v) is 1.94. The first-order chi connectivity index (χ1) is 7.63. The number of nitrogens with one attached hydrogen (secondary N) is 1. The maximum atomic E-state index is 12.8. The van der Waals surface area contributed by atoms with Gasteiger partial charge in [0.25, 0.3) is 5.91 Å². The van der Waals surface area contributed by atoms with Crippen LogP contribution in [-0.4, -0.2) is 26.2 Å². The van der Waals surface area contributed by atoms with E-state index in [-0.39, 0.29) is 5.56 Å². The predicted molar refractivity (Wildman–Crippen MR) is 55.2 cm³/mol. The van der Waals surface area contributed by atoms with Crippen LogP contribution in [-0.2, 0) is 4.74 Å². The molecule has 0 aliphatic rings. The van der Waals surface area contributed by atoms with Crippen LogP contribution < -0.4 is 5.32 Å². The molecule has 1 N–H and O–H groups in total. The van der Waals surface area contributed by atoms with Gasteiger partial charge in [-0.15, -0.1) is 0 Å². The standard InChI is InChI=1S/C11H13F2NO2/c1-16-4-2-3-14-11(15)8-5-9(12)7-10(13)6-8/h5-7H,2-4H2,1H3,(H,14,15). The van der Waals surface area contributed by atoms with E-state index in [4.69, 9.17) is 4.74 Å². The van der Waals surface area contributed by atoms with Gasteiger partial charge in [0.2, 0.25) is 0 Å². The van der Waals surface area contributed by atoms with Crippen molar-refractivity contribution in [2.45, 2.75) is 6.42 Å². The normalized spacial score (nSPS) is 10.2. The number of carbonyl (C=O) groups excluding carboxylic acids is 1. The molecule has 0 aromatic heterocycles. The number of amides is 1. The van der Waals surface area contributed by atoms with Crippen LogP contribution in [0.4, 0.5) is 8.78 Å². The summed E-state index contributed by atoms with van der Waals surface area (Å²) in [4.78, 5) is 11.4. The summed E-state index contributed by atoms with van der Waals surface area (Å²) in [5, 5.41) is 2.54. The maximum Gasteiger partial charge on any atom is 0.251 e. The fraction of sp³-hybridized carbons (Fsp3) is 0.364. The summed E-state index contributed by atoms with van der Waals surface area (Å²) < 4.78 is 30.4. The molecule has 1 aromatic rings. The Morgan fingerprint density at radius 3 is 2.50 bits per heavy atom. The van der Waals surface area contributed by atoms with Gasteiger partial charge < -0.3 is 10.1 Å². The fourth-order valence-electron chi connectivity index (χ4n) is 1.21. The van der Waals surface area contributed by atoms with Crippen molar-refractivity contribution in [1.29, 1.82) is 0 Å².